The lowest BCUT2D eigenvalue weighted by Gasteiger charge is -2.19. The number of furan rings is 1. The summed E-state index contributed by atoms with van der Waals surface area (Å²) in [5, 5.41) is 0. The molecule has 0 spiro atoms. The van der Waals surface area contributed by atoms with Crippen LogP contribution in [0.1, 0.15) is 26.0 Å². The van der Waals surface area contributed by atoms with Gasteiger partial charge in [-0.15, -0.1) is 0 Å². The molecule has 1 rings (SSSR count). The molecule has 0 aliphatic carbocycles. The van der Waals surface area contributed by atoms with E-state index < -0.39 is 5.97 Å². The summed E-state index contributed by atoms with van der Waals surface area (Å²) < 4.78 is 9.94. The molecule has 1 aromatic rings. The van der Waals surface area contributed by atoms with Crippen molar-refractivity contribution in [3.63, 3.8) is 0 Å². The Morgan fingerprint density at radius 1 is 1.42 bits per heavy atom. The summed E-state index contributed by atoms with van der Waals surface area (Å²) >= 11 is 0. The van der Waals surface area contributed by atoms with Gasteiger partial charge in [0, 0.05) is 12.6 Å². The lowest BCUT2D eigenvalue weighted by atomic mass is 10.3. The molecule has 5 nitrogen and oxygen atoms in total. The van der Waals surface area contributed by atoms with Gasteiger partial charge < -0.3 is 14.1 Å². The quantitative estimate of drug-likeness (QED) is 0.559. The standard InChI is InChI=1S/C14H19NO4/c1-3-9-15(11-14(17)18-4-2)13(16)8-7-12-6-5-10-19-12/h5-8,10H,3-4,9,11H2,1-2H3/b8-7+. The molecule has 0 aliphatic heterocycles. The van der Waals surface area contributed by atoms with Crippen LogP contribution in [0.5, 0.6) is 0 Å². The first-order chi connectivity index (χ1) is 9.17. The largest absolute Gasteiger partial charge is 0.465 e. The van der Waals surface area contributed by atoms with Gasteiger partial charge in [0.2, 0.25) is 5.91 Å². The molecule has 0 unspecified atom stereocenters. The summed E-state index contributed by atoms with van der Waals surface area (Å²) in [5.41, 5.74) is 0. The minimum atomic E-state index is -0.393. The molecule has 0 bridgehead atoms. The van der Waals surface area contributed by atoms with Gasteiger partial charge in [-0.2, -0.15) is 0 Å². The van der Waals surface area contributed by atoms with Crippen molar-refractivity contribution in [3.8, 4) is 0 Å². The fourth-order valence-corrected chi connectivity index (χ4v) is 1.54. The molecule has 19 heavy (non-hydrogen) atoms. The molecule has 5 heteroatoms. The number of esters is 1. The molecule has 1 amide bonds. The van der Waals surface area contributed by atoms with Crippen LogP contribution in [0.15, 0.2) is 28.9 Å². The van der Waals surface area contributed by atoms with Crippen LogP contribution in [0, 0.1) is 0 Å². The summed E-state index contributed by atoms with van der Waals surface area (Å²) in [7, 11) is 0. The van der Waals surface area contributed by atoms with E-state index in [1.807, 2.05) is 6.92 Å². The summed E-state index contributed by atoms with van der Waals surface area (Å²) in [6, 6.07) is 3.49. The molecular formula is C14H19NO4. The van der Waals surface area contributed by atoms with E-state index in [0.717, 1.165) is 6.42 Å². The highest BCUT2D eigenvalue weighted by Gasteiger charge is 2.14. The summed E-state index contributed by atoms with van der Waals surface area (Å²) in [5.74, 6) is -0.0251. The number of hydrogen-bond donors (Lipinski definition) is 0. The Balaban J connectivity index is 2.59. The van der Waals surface area contributed by atoms with Crippen LogP contribution in [-0.4, -0.2) is 36.5 Å². The fourth-order valence-electron chi connectivity index (χ4n) is 1.54. The zero-order valence-electron chi connectivity index (χ0n) is 11.3. The fraction of sp³-hybridized carbons (Fsp3) is 0.429. The lowest BCUT2D eigenvalue weighted by molar-refractivity contribution is -0.147. The molecule has 0 atom stereocenters. The van der Waals surface area contributed by atoms with Gasteiger partial charge in [0.25, 0.3) is 0 Å². The van der Waals surface area contributed by atoms with E-state index in [2.05, 4.69) is 0 Å². The molecule has 0 saturated carbocycles. The zero-order chi connectivity index (χ0) is 14.1. The molecule has 0 fully saturated rings. The van der Waals surface area contributed by atoms with Gasteiger partial charge in [0.05, 0.1) is 12.9 Å². The number of carbonyl (C=O) groups is 2. The van der Waals surface area contributed by atoms with Crippen LogP contribution < -0.4 is 0 Å². The van der Waals surface area contributed by atoms with Crippen LogP contribution in [0.4, 0.5) is 0 Å². The Bertz CT molecular complexity index is 423. The smallest absolute Gasteiger partial charge is 0.325 e. The summed E-state index contributed by atoms with van der Waals surface area (Å²) in [6.45, 7) is 4.49. The Labute approximate surface area is 112 Å². The van der Waals surface area contributed by atoms with Gasteiger partial charge in [-0.05, 0) is 31.6 Å². The molecule has 0 radical (unpaired) electrons. The van der Waals surface area contributed by atoms with Crippen LogP contribution in [0.25, 0.3) is 6.08 Å². The highest BCUT2D eigenvalue weighted by atomic mass is 16.5. The second-order valence-electron chi connectivity index (χ2n) is 3.91. The van der Waals surface area contributed by atoms with Gasteiger partial charge in [-0.1, -0.05) is 6.92 Å². The van der Waals surface area contributed by atoms with E-state index in [4.69, 9.17) is 9.15 Å². The van der Waals surface area contributed by atoms with Crippen molar-refractivity contribution < 1.29 is 18.7 Å². The third-order valence-electron chi connectivity index (χ3n) is 2.36. The molecule has 0 aliphatic rings. The van der Waals surface area contributed by atoms with Gasteiger partial charge in [-0.25, -0.2) is 0 Å². The van der Waals surface area contributed by atoms with Crippen molar-refractivity contribution in [2.45, 2.75) is 20.3 Å². The van der Waals surface area contributed by atoms with E-state index in [1.54, 1.807) is 25.1 Å². The van der Waals surface area contributed by atoms with Crippen molar-refractivity contribution in [2.75, 3.05) is 19.7 Å². The molecule has 0 saturated heterocycles. The molecular weight excluding hydrogens is 246 g/mol. The van der Waals surface area contributed by atoms with Crippen molar-refractivity contribution in [2.24, 2.45) is 0 Å². The number of amides is 1. The average Bonchev–Trinajstić information content (AvgIpc) is 2.89. The lowest BCUT2D eigenvalue weighted by Crippen LogP contribution is -2.36. The van der Waals surface area contributed by atoms with Crippen molar-refractivity contribution in [1.29, 1.82) is 0 Å². The second kappa shape index (κ2) is 8.13. The SMILES string of the molecule is CCCN(CC(=O)OCC)C(=O)/C=C/c1ccco1. The van der Waals surface area contributed by atoms with Gasteiger partial charge in [0.1, 0.15) is 12.3 Å². The van der Waals surface area contributed by atoms with Crippen LogP contribution in [0.2, 0.25) is 0 Å². The number of ether oxygens (including phenoxy) is 1. The van der Waals surface area contributed by atoms with E-state index in [-0.39, 0.29) is 12.5 Å². The molecule has 1 aromatic heterocycles. The zero-order valence-corrected chi connectivity index (χ0v) is 11.3. The minimum absolute atomic E-state index is 0.0248. The van der Waals surface area contributed by atoms with Gasteiger partial charge in [-0.3, -0.25) is 9.59 Å². The molecule has 104 valence electrons. The average molecular weight is 265 g/mol. The molecule has 0 N–H and O–H groups in total. The Morgan fingerprint density at radius 3 is 2.79 bits per heavy atom. The Hall–Kier alpha value is -2.04. The van der Waals surface area contributed by atoms with E-state index >= 15 is 0 Å². The summed E-state index contributed by atoms with van der Waals surface area (Å²) in [6.07, 6.45) is 5.29. The molecule has 1 heterocycles. The second-order valence-corrected chi connectivity index (χ2v) is 3.91. The number of rotatable bonds is 7. The highest BCUT2D eigenvalue weighted by molar-refractivity contribution is 5.93. The van der Waals surface area contributed by atoms with Crippen molar-refractivity contribution in [3.05, 3.63) is 30.2 Å². The monoisotopic (exact) mass is 265 g/mol. The minimum Gasteiger partial charge on any atom is -0.465 e. The maximum atomic E-state index is 12.0. The van der Waals surface area contributed by atoms with Crippen molar-refractivity contribution >= 4 is 18.0 Å². The van der Waals surface area contributed by atoms with E-state index in [0.29, 0.717) is 18.9 Å². The van der Waals surface area contributed by atoms with Gasteiger partial charge in [0.15, 0.2) is 0 Å². The topological polar surface area (TPSA) is 59.8 Å². The van der Waals surface area contributed by atoms with E-state index in [1.165, 1.54) is 17.2 Å². The van der Waals surface area contributed by atoms with Gasteiger partial charge >= 0.3 is 5.97 Å². The number of nitrogens with zero attached hydrogens (tertiary/aromatic N) is 1. The Kier molecular flexibility index (Phi) is 6.43. The maximum Gasteiger partial charge on any atom is 0.325 e. The first-order valence-electron chi connectivity index (χ1n) is 6.33. The number of carbonyl (C=O) groups excluding carboxylic acids is 2. The third-order valence-corrected chi connectivity index (χ3v) is 2.36. The Morgan fingerprint density at radius 2 is 2.21 bits per heavy atom. The van der Waals surface area contributed by atoms with Crippen LogP contribution in [-0.2, 0) is 14.3 Å². The predicted octanol–water partition coefficient (Wildman–Crippen LogP) is 2.09. The van der Waals surface area contributed by atoms with Crippen LogP contribution in [0.3, 0.4) is 0 Å². The van der Waals surface area contributed by atoms with Crippen molar-refractivity contribution in [1.82, 2.24) is 4.90 Å². The number of hydrogen-bond acceptors (Lipinski definition) is 4. The first-order valence-corrected chi connectivity index (χ1v) is 6.33. The first kappa shape index (κ1) is 15.0. The summed E-state index contributed by atoms with van der Waals surface area (Å²) in [4.78, 5) is 24.8. The normalized spacial score (nSPS) is 10.6. The third kappa shape index (κ3) is 5.42. The predicted molar refractivity (Wildman–Crippen MR) is 71.2 cm³/mol. The highest BCUT2D eigenvalue weighted by Crippen LogP contribution is 2.04. The molecule has 0 aromatic carbocycles. The maximum absolute atomic E-state index is 12.0. The van der Waals surface area contributed by atoms with E-state index in [9.17, 15) is 9.59 Å². The van der Waals surface area contributed by atoms with Crippen LogP contribution >= 0.6 is 0 Å².